The molecule has 0 unspecified atom stereocenters. The average Bonchev–Trinajstić information content (AvgIpc) is 2.15. The molecule has 0 atom stereocenters. The molecule has 0 saturated heterocycles. The maximum atomic E-state index is 12.5. The number of benzene rings is 1. The van der Waals surface area contributed by atoms with Gasteiger partial charge in [0.05, 0.1) is 7.11 Å². The van der Waals surface area contributed by atoms with Crippen molar-refractivity contribution in [2.24, 2.45) is 0 Å². The van der Waals surface area contributed by atoms with E-state index in [4.69, 9.17) is 4.74 Å². The Morgan fingerprint density at radius 3 is 2.00 bits per heavy atom. The standard InChI is InChI=1S/C8H8F2O.C2H6/c1-5-3-6(9)7(10)4-8(5)11-2;1-2/h3-4H,1-2H3;1-2H3. The number of aryl methyl sites for hydroxylation is 1. The highest BCUT2D eigenvalue weighted by atomic mass is 19.2. The second-order valence-corrected chi connectivity index (χ2v) is 2.24. The first-order valence-corrected chi connectivity index (χ1v) is 4.15. The molecule has 0 bridgehead atoms. The highest BCUT2D eigenvalue weighted by Gasteiger charge is 2.05. The smallest absolute Gasteiger partial charge is 0.162 e. The van der Waals surface area contributed by atoms with Crippen molar-refractivity contribution in [3.05, 3.63) is 29.3 Å². The van der Waals surface area contributed by atoms with E-state index < -0.39 is 11.6 Å². The Kier molecular flexibility index (Phi) is 5.04. The van der Waals surface area contributed by atoms with Crippen molar-refractivity contribution in [3.63, 3.8) is 0 Å². The summed E-state index contributed by atoms with van der Waals surface area (Å²) in [6.07, 6.45) is 0. The van der Waals surface area contributed by atoms with Crippen molar-refractivity contribution in [1.82, 2.24) is 0 Å². The number of rotatable bonds is 1. The van der Waals surface area contributed by atoms with Crippen LogP contribution in [0.15, 0.2) is 12.1 Å². The van der Waals surface area contributed by atoms with E-state index in [1.807, 2.05) is 13.8 Å². The zero-order valence-corrected chi connectivity index (χ0v) is 8.32. The third-order valence-corrected chi connectivity index (χ3v) is 1.44. The zero-order chi connectivity index (χ0) is 10.4. The van der Waals surface area contributed by atoms with Gasteiger partial charge in [0.2, 0.25) is 0 Å². The number of methoxy groups -OCH3 is 1. The number of ether oxygens (including phenoxy) is 1. The Hall–Kier alpha value is -1.12. The summed E-state index contributed by atoms with van der Waals surface area (Å²) in [5, 5.41) is 0. The number of halogens is 2. The summed E-state index contributed by atoms with van der Waals surface area (Å²) >= 11 is 0. The van der Waals surface area contributed by atoms with Crippen molar-refractivity contribution in [2.75, 3.05) is 7.11 Å². The molecule has 1 aromatic rings. The molecule has 13 heavy (non-hydrogen) atoms. The molecule has 74 valence electrons. The zero-order valence-electron chi connectivity index (χ0n) is 8.32. The van der Waals surface area contributed by atoms with Crippen molar-refractivity contribution >= 4 is 0 Å². The van der Waals surface area contributed by atoms with Gasteiger partial charge in [-0.15, -0.1) is 0 Å². The third-order valence-electron chi connectivity index (χ3n) is 1.44. The molecule has 3 heteroatoms. The van der Waals surface area contributed by atoms with Crippen LogP contribution in [0.5, 0.6) is 5.75 Å². The fraction of sp³-hybridized carbons (Fsp3) is 0.400. The van der Waals surface area contributed by atoms with Crippen LogP contribution < -0.4 is 4.74 Å². The Morgan fingerprint density at radius 1 is 1.08 bits per heavy atom. The molecular weight excluding hydrogens is 174 g/mol. The van der Waals surface area contributed by atoms with Gasteiger partial charge in [0.1, 0.15) is 5.75 Å². The largest absolute Gasteiger partial charge is 0.496 e. The molecule has 0 spiro atoms. The summed E-state index contributed by atoms with van der Waals surface area (Å²) in [5.41, 5.74) is 0.589. The molecule has 0 aliphatic carbocycles. The van der Waals surface area contributed by atoms with Gasteiger partial charge in [-0.1, -0.05) is 13.8 Å². The summed E-state index contributed by atoms with van der Waals surface area (Å²) in [7, 11) is 1.42. The Bertz CT molecular complexity index is 272. The van der Waals surface area contributed by atoms with E-state index in [2.05, 4.69) is 0 Å². The highest BCUT2D eigenvalue weighted by Crippen LogP contribution is 2.20. The van der Waals surface area contributed by atoms with Crippen LogP contribution in [0.2, 0.25) is 0 Å². The molecule has 0 aromatic heterocycles. The van der Waals surface area contributed by atoms with Crippen LogP contribution in [-0.4, -0.2) is 7.11 Å². The van der Waals surface area contributed by atoms with Gasteiger partial charge in [-0.2, -0.15) is 0 Å². The Labute approximate surface area is 77.3 Å². The SMILES string of the molecule is CC.COc1cc(F)c(F)cc1C. The van der Waals surface area contributed by atoms with Crippen molar-refractivity contribution in [3.8, 4) is 5.75 Å². The number of hydrogen-bond acceptors (Lipinski definition) is 1. The van der Waals surface area contributed by atoms with Gasteiger partial charge in [-0.3, -0.25) is 0 Å². The second-order valence-electron chi connectivity index (χ2n) is 2.24. The molecule has 0 amide bonds. The van der Waals surface area contributed by atoms with Crippen LogP contribution >= 0.6 is 0 Å². The van der Waals surface area contributed by atoms with Crippen LogP contribution in [0.25, 0.3) is 0 Å². The molecule has 0 heterocycles. The minimum atomic E-state index is -0.882. The van der Waals surface area contributed by atoms with Gasteiger partial charge in [-0.25, -0.2) is 8.78 Å². The number of hydrogen-bond donors (Lipinski definition) is 0. The Balaban J connectivity index is 0.000000671. The van der Waals surface area contributed by atoms with E-state index >= 15 is 0 Å². The van der Waals surface area contributed by atoms with E-state index in [-0.39, 0.29) is 0 Å². The minimum absolute atomic E-state index is 0.365. The molecule has 0 aliphatic rings. The van der Waals surface area contributed by atoms with E-state index in [1.165, 1.54) is 7.11 Å². The normalized spacial score (nSPS) is 8.77. The summed E-state index contributed by atoms with van der Waals surface area (Å²) in [4.78, 5) is 0. The predicted molar refractivity (Wildman–Crippen MR) is 49.0 cm³/mol. The van der Waals surface area contributed by atoms with E-state index in [0.29, 0.717) is 11.3 Å². The predicted octanol–water partition coefficient (Wildman–Crippen LogP) is 3.31. The molecule has 0 aliphatic heterocycles. The maximum Gasteiger partial charge on any atom is 0.162 e. The summed E-state index contributed by atoms with van der Waals surface area (Å²) in [6, 6.07) is 2.14. The molecule has 0 saturated carbocycles. The van der Waals surface area contributed by atoms with Crippen LogP contribution in [-0.2, 0) is 0 Å². The molecular formula is C10H14F2O. The van der Waals surface area contributed by atoms with Crippen molar-refractivity contribution < 1.29 is 13.5 Å². The molecule has 0 N–H and O–H groups in total. The fourth-order valence-electron chi connectivity index (χ4n) is 0.848. The second kappa shape index (κ2) is 5.51. The molecule has 1 rings (SSSR count). The molecule has 1 aromatic carbocycles. The lowest BCUT2D eigenvalue weighted by molar-refractivity contribution is 0.403. The highest BCUT2D eigenvalue weighted by molar-refractivity contribution is 5.33. The van der Waals surface area contributed by atoms with Crippen LogP contribution in [0, 0.1) is 18.6 Å². The van der Waals surface area contributed by atoms with Gasteiger partial charge in [0.15, 0.2) is 11.6 Å². The quantitative estimate of drug-likeness (QED) is 0.657. The first-order valence-electron chi connectivity index (χ1n) is 4.15. The lowest BCUT2D eigenvalue weighted by atomic mass is 10.2. The van der Waals surface area contributed by atoms with Gasteiger partial charge in [-0.05, 0) is 18.6 Å². The average molecular weight is 188 g/mol. The Morgan fingerprint density at radius 2 is 1.54 bits per heavy atom. The van der Waals surface area contributed by atoms with Gasteiger partial charge >= 0.3 is 0 Å². The summed E-state index contributed by atoms with van der Waals surface area (Å²) in [5.74, 6) is -1.36. The van der Waals surface area contributed by atoms with Crippen LogP contribution in [0.3, 0.4) is 0 Å². The lowest BCUT2D eigenvalue weighted by Crippen LogP contribution is -1.91. The first kappa shape index (κ1) is 11.9. The van der Waals surface area contributed by atoms with E-state index in [0.717, 1.165) is 12.1 Å². The fourth-order valence-corrected chi connectivity index (χ4v) is 0.848. The van der Waals surface area contributed by atoms with Crippen LogP contribution in [0.1, 0.15) is 19.4 Å². The monoisotopic (exact) mass is 188 g/mol. The minimum Gasteiger partial charge on any atom is -0.496 e. The lowest BCUT2D eigenvalue weighted by Gasteiger charge is -2.03. The van der Waals surface area contributed by atoms with E-state index in [1.54, 1.807) is 6.92 Å². The van der Waals surface area contributed by atoms with Crippen LogP contribution in [0.4, 0.5) is 8.78 Å². The van der Waals surface area contributed by atoms with Gasteiger partial charge in [0.25, 0.3) is 0 Å². The molecule has 1 nitrogen and oxygen atoms in total. The molecule has 0 radical (unpaired) electrons. The van der Waals surface area contributed by atoms with Gasteiger partial charge in [0, 0.05) is 6.07 Å². The summed E-state index contributed by atoms with van der Waals surface area (Å²) < 4.78 is 29.7. The summed E-state index contributed by atoms with van der Waals surface area (Å²) in [6.45, 7) is 5.65. The first-order chi connectivity index (χ1) is 6.15. The third kappa shape index (κ3) is 3.01. The van der Waals surface area contributed by atoms with Crippen molar-refractivity contribution in [1.29, 1.82) is 0 Å². The van der Waals surface area contributed by atoms with E-state index in [9.17, 15) is 8.78 Å². The van der Waals surface area contributed by atoms with Crippen molar-refractivity contribution in [2.45, 2.75) is 20.8 Å². The topological polar surface area (TPSA) is 9.23 Å². The maximum absolute atomic E-state index is 12.5. The van der Waals surface area contributed by atoms with Gasteiger partial charge < -0.3 is 4.74 Å². The molecule has 0 fully saturated rings.